The van der Waals surface area contributed by atoms with Gasteiger partial charge in [-0.2, -0.15) is 0 Å². The number of rotatable bonds is 4. The molecule has 4 nitrogen and oxygen atoms in total. The maximum Gasteiger partial charge on any atom is 0.258 e. The molecule has 0 atom stereocenters. The lowest BCUT2D eigenvalue weighted by Gasteiger charge is -2.46. The molecule has 0 saturated carbocycles. The van der Waals surface area contributed by atoms with E-state index < -0.39 is 0 Å². The first-order valence-corrected chi connectivity index (χ1v) is 8.35. The predicted octanol–water partition coefficient (Wildman–Crippen LogP) is 3.53. The van der Waals surface area contributed by atoms with Crippen molar-refractivity contribution in [3.8, 4) is 5.75 Å². The number of benzene rings is 1. The first-order valence-electron chi connectivity index (χ1n) is 8.35. The Hall–Kier alpha value is -1.26. The molecule has 1 amide bonds. The van der Waals surface area contributed by atoms with Crippen LogP contribution in [0.3, 0.4) is 0 Å². The molecule has 1 heterocycles. The van der Waals surface area contributed by atoms with E-state index in [0.717, 1.165) is 29.7 Å². The molecule has 0 spiro atoms. The van der Waals surface area contributed by atoms with Crippen LogP contribution < -0.4 is 15.4 Å². The summed E-state index contributed by atoms with van der Waals surface area (Å²) < 4.78 is 5.70. The van der Waals surface area contributed by atoms with Gasteiger partial charge in [0, 0.05) is 17.1 Å². The maximum atomic E-state index is 12.2. The third kappa shape index (κ3) is 5.99. The molecule has 1 aromatic rings. The predicted molar refractivity (Wildman–Crippen MR) is 101 cm³/mol. The number of aryl methyl sites for hydroxylation is 2. The number of ether oxygens (including phenoxy) is 1. The summed E-state index contributed by atoms with van der Waals surface area (Å²) in [5.74, 6) is 0.732. The van der Waals surface area contributed by atoms with E-state index in [4.69, 9.17) is 4.74 Å². The Bertz CT molecular complexity index is 569. The van der Waals surface area contributed by atoms with Gasteiger partial charge in [0.2, 0.25) is 0 Å². The van der Waals surface area contributed by atoms with Gasteiger partial charge in [0.05, 0.1) is 0 Å². The van der Waals surface area contributed by atoms with Gasteiger partial charge in [-0.1, -0.05) is 12.1 Å². The quantitative estimate of drug-likeness (QED) is 0.869. The van der Waals surface area contributed by atoms with Crippen LogP contribution in [0, 0.1) is 13.8 Å². The zero-order valence-electron chi connectivity index (χ0n) is 15.7. The minimum absolute atomic E-state index is 0. The van der Waals surface area contributed by atoms with E-state index in [9.17, 15) is 4.79 Å². The minimum atomic E-state index is -0.0515. The molecule has 0 aromatic heterocycles. The Labute approximate surface area is 152 Å². The van der Waals surface area contributed by atoms with Crippen molar-refractivity contribution in [2.75, 3.05) is 6.61 Å². The fraction of sp³-hybridized carbons (Fsp3) is 0.632. The summed E-state index contributed by atoms with van der Waals surface area (Å²) in [4.78, 5) is 12.2. The molecule has 2 N–H and O–H groups in total. The highest BCUT2D eigenvalue weighted by Gasteiger charge is 2.38. The minimum Gasteiger partial charge on any atom is -0.483 e. The van der Waals surface area contributed by atoms with Crippen LogP contribution in [-0.4, -0.2) is 29.6 Å². The van der Waals surface area contributed by atoms with E-state index in [1.165, 1.54) is 0 Å². The molecular weight excluding hydrogens is 324 g/mol. The molecule has 0 aliphatic carbocycles. The SMILES string of the molecule is Cc1ccc(C)c(OCC(=O)NC2CC(C)(C)NC(C)(C)C2)c1.Cl. The molecular formula is C19H31ClN2O2. The third-order valence-electron chi connectivity index (χ3n) is 4.26. The van der Waals surface area contributed by atoms with Crippen molar-refractivity contribution in [3.63, 3.8) is 0 Å². The lowest BCUT2D eigenvalue weighted by atomic mass is 9.79. The van der Waals surface area contributed by atoms with Crippen LogP contribution >= 0.6 is 12.4 Å². The highest BCUT2D eigenvalue weighted by Crippen LogP contribution is 2.28. The lowest BCUT2D eigenvalue weighted by Crippen LogP contribution is -2.62. The van der Waals surface area contributed by atoms with E-state index in [-0.39, 0.29) is 42.0 Å². The Morgan fingerprint density at radius 2 is 1.79 bits per heavy atom. The molecule has 5 heteroatoms. The van der Waals surface area contributed by atoms with E-state index >= 15 is 0 Å². The van der Waals surface area contributed by atoms with E-state index in [1.54, 1.807) is 0 Å². The van der Waals surface area contributed by atoms with Crippen LogP contribution in [0.1, 0.15) is 51.7 Å². The van der Waals surface area contributed by atoms with Crippen LogP contribution in [0.4, 0.5) is 0 Å². The first kappa shape index (κ1) is 20.8. The Balaban J connectivity index is 0.00000288. The number of nitrogens with one attached hydrogen (secondary N) is 2. The van der Waals surface area contributed by atoms with Crippen molar-refractivity contribution < 1.29 is 9.53 Å². The second-order valence-corrected chi connectivity index (χ2v) is 8.12. The van der Waals surface area contributed by atoms with Crippen LogP contribution in [0.25, 0.3) is 0 Å². The average molecular weight is 355 g/mol. The number of piperidine rings is 1. The summed E-state index contributed by atoms with van der Waals surface area (Å²) >= 11 is 0. The van der Waals surface area contributed by atoms with Gasteiger partial charge >= 0.3 is 0 Å². The van der Waals surface area contributed by atoms with Gasteiger partial charge in [-0.05, 0) is 71.6 Å². The normalized spacial score (nSPS) is 19.2. The summed E-state index contributed by atoms with van der Waals surface area (Å²) in [7, 11) is 0. The van der Waals surface area contributed by atoms with Crippen molar-refractivity contribution in [3.05, 3.63) is 29.3 Å². The summed E-state index contributed by atoms with van der Waals surface area (Å²) in [5.41, 5.74) is 2.22. The highest BCUT2D eigenvalue weighted by molar-refractivity contribution is 5.85. The molecule has 1 aliphatic rings. The number of carbonyl (C=O) groups excluding carboxylic acids is 1. The second kappa shape index (κ2) is 7.75. The van der Waals surface area contributed by atoms with Gasteiger partial charge in [-0.25, -0.2) is 0 Å². The van der Waals surface area contributed by atoms with Gasteiger partial charge in [0.25, 0.3) is 5.91 Å². The molecule has 24 heavy (non-hydrogen) atoms. The number of amides is 1. The molecule has 0 bridgehead atoms. The van der Waals surface area contributed by atoms with Crippen molar-refractivity contribution in [1.29, 1.82) is 0 Å². The summed E-state index contributed by atoms with van der Waals surface area (Å²) in [6.45, 7) is 12.8. The fourth-order valence-corrected chi connectivity index (χ4v) is 3.70. The van der Waals surface area contributed by atoms with Gasteiger partial charge in [-0.15, -0.1) is 12.4 Å². The Morgan fingerprint density at radius 3 is 2.38 bits per heavy atom. The van der Waals surface area contributed by atoms with E-state index in [2.05, 4.69) is 38.3 Å². The van der Waals surface area contributed by atoms with Crippen molar-refractivity contribution >= 4 is 18.3 Å². The summed E-state index contributed by atoms with van der Waals surface area (Å²) in [5, 5.41) is 6.75. The largest absolute Gasteiger partial charge is 0.483 e. The van der Waals surface area contributed by atoms with Crippen molar-refractivity contribution in [1.82, 2.24) is 10.6 Å². The molecule has 1 fully saturated rings. The van der Waals surface area contributed by atoms with Crippen molar-refractivity contribution in [2.45, 2.75) is 71.5 Å². The number of carbonyl (C=O) groups is 1. The fourth-order valence-electron chi connectivity index (χ4n) is 3.70. The zero-order valence-corrected chi connectivity index (χ0v) is 16.5. The molecule has 1 aliphatic heterocycles. The molecule has 0 radical (unpaired) electrons. The monoisotopic (exact) mass is 354 g/mol. The van der Waals surface area contributed by atoms with E-state index in [0.29, 0.717) is 0 Å². The van der Waals surface area contributed by atoms with Gasteiger partial charge in [-0.3, -0.25) is 4.79 Å². The summed E-state index contributed by atoms with van der Waals surface area (Å²) in [6, 6.07) is 6.21. The smallest absolute Gasteiger partial charge is 0.258 e. The highest BCUT2D eigenvalue weighted by atomic mass is 35.5. The van der Waals surface area contributed by atoms with Gasteiger partial charge < -0.3 is 15.4 Å². The van der Waals surface area contributed by atoms with Gasteiger partial charge in [0.15, 0.2) is 6.61 Å². The molecule has 136 valence electrons. The number of hydrogen-bond acceptors (Lipinski definition) is 3. The standard InChI is InChI=1S/C19H30N2O2.ClH/c1-13-7-8-14(2)16(9-13)23-12-17(22)20-15-10-18(3,4)21-19(5,6)11-15;/h7-9,15,21H,10-12H2,1-6H3,(H,20,22);1H. The van der Waals surface area contributed by atoms with E-state index in [1.807, 2.05) is 32.0 Å². The van der Waals surface area contributed by atoms with Crippen LogP contribution in [-0.2, 0) is 4.79 Å². The van der Waals surface area contributed by atoms with Crippen LogP contribution in [0.15, 0.2) is 18.2 Å². The van der Waals surface area contributed by atoms with Crippen molar-refractivity contribution in [2.24, 2.45) is 0 Å². The first-order chi connectivity index (χ1) is 10.6. The zero-order chi connectivity index (χ0) is 17.3. The van der Waals surface area contributed by atoms with Gasteiger partial charge in [0.1, 0.15) is 5.75 Å². The number of halogens is 1. The lowest BCUT2D eigenvalue weighted by molar-refractivity contribution is -0.124. The number of hydrogen-bond donors (Lipinski definition) is 2. The summed E-state index contributed by atoms with van der Waals surface area (Å²) in [6.07, 6.45) is 1.84. The molecule has 1 saturated heterocycles. The molecule has 1 aromatic carbocycles. The topological polar surface area (TPSA) is 50.4 Å². The molecule has 2 rings (SSSR count). The maximum absolute atomic E-state index is 12.2. The van der Waals surface area contributed by atoms with Crippen LogP contribution in [0.5, 0.6) is 5.75 Å². The third-order valence-corrected chi connectivity index (χ3v) is 4.26. The second-order valence-electron chi connectivity index (χ2n) is 8.12. The van der Waals surface area contributed by atoms with Crippen LogP contribution in [0.2, 0.25) is 0 Å². The Morgan fingerprint density at radius 1 is 1.21 bits per heavy atom. The molecule has 0 unspecified atom stereocenters. The Kier molecular flexibility index (Phi) is 6.71. The average Bonchev–Trinajstić information content (AvgIpc) is 2.36.